The molecule has 2 saturated heterocycles. The quantitative estimate of drug-likeness (QED) is 0.652. The molecule has 2 aliphatic heterocycles. The molecule has 8 heteroatoms. The summed E-state index contributed by atoms with van der Waals surface area (Å²) >= 11 is 0. The highest BCUT2D eigenvalue weighted by Crippen LogP contribution is 2.37. The van der Waals surface area contributed by atoms with E-state index in [1.807, 2.05) is 30.3 Å². The van der Waals surface area contributed by atoms with Gasteiger partial charge in [0.1, 0.15) is 43.4 Å². The molecule has 0 aromatic heterocycles. The fourth-order valence-electron chi connectivity index (χ4n) is 3.85. The number of methoxy groups -OCH3 is 1. The minimum absolute atomic E-state index is 0.0712. The van der Waals surface area contributed by atoms with Crippen LogP contribution in [0.15, 0.2) is 54.6 Å². The zero-order chi connectivity index (χ0) is 22.7. The lowest BCUT2D eigenvalue weighted by Crippen LogP contribution is -2.58. The minimum atomic E-state index is -1.01. The first-order valence-corrected chi connectivity index (χ1v) is 10.5. The molecule has 172 valence electrons. The van der Waals surface area contributed by atoms with Gasteiger partial charge in [0.05, 0.1) is 5.56 Å². The van der Waals surface area contributed by atoms with Gasteiger partial charge in [-0.05, 0) is 43.7 Å². The maximum atomic E-state index is 12.5. The molecule has 2 aromatic rings. The van der Waals surface area contributed by atoms with Crippen molar-refractivity contribution in [1.29, 1.82) is 0 Å². The SMILES string of the molecule is CO[C@H]1O[C@H](COC(=O)c2ccc(OCc3ccccc3)cc2)[C@@H]2OC(C)(C)O[C@@H]2[C@H]1O. The Labute approximate surface area is 186 Å². The Kier molecular flexibility index (Phi) is 6.78. The maximum absolute atomic E-state index is 12.5. The van der Waals surface area contributed by atoms with Crippen LogP contribution in [-0.4, -0.2) is 61.3 Å². The Balaban J connectivity index is 1.33. The molecule has 2 aliphatic rings. The van der Waals surface area contributed by atoms with E-state index in [1.54, 1.807) is 38.1 Å². The third kappa shape index (κ3) is 5.11. The summed E-state index contributed by atoms with van der Waals surface area (Å²) < 4.78 is 33.8. The molecule has 0 saturated carbocycles. The molecule has 2 fully saturated rings. The van der Waals surface area contributed by atoms with E-state index in [9.17, 15) is 9.90 Å². The second kappa shape index (κ2) is 9.56. The molecule has 1 N–H and O–H groups in total. The maximum Gasteiger partial charge on any atom is 0.338 e. The molecule has 2 heterocycles. The van der Waals surface area contributed by atoms with Crippen LogP contribution >= 0.6 is 0 Å². The first-order chi connectivity index (χ1) is 15.4. The Morgan fingerprint density at radius 2 is 1.72 bits per heavy atom. The van der Waals surface area contributed by atoms with Crippen LogP contribution in [0.4, 0.5) is 0 Å². The van der Waals surface area contributed by atoms with E-state index < -0.39 is 42.5 Å². The predicted octanol–water partition coefficient (Wildman–Crippen LogP) is 2.67. The van der Waals surface area contributed by atoms with Crippen LogP contribution in [0.25, 0.3) is 0 Å². The van der Waals surface area contributed by atoms with Gasteiger partial charge in [0.2, 0.25) is 0 Å². The van der Waals surface area contributed by atoms with Crippen molar-refractivity contribution < 1.29 is 38.3 Å². The lowest BCUT2D eigenvalue weighted by atomic mass is 9.99. The third-order valence-electron chi connectivity index (χ3n) is 5.40. The fraction of sp³-hybridized carbons (Fsp3) is 0.458. The third-order valence-corrected chi connectivity index (χ3v) is 5.40. The van der Waals surface area contributed by atoms with Crippen LogP contribution in [0.1, 0.15) is 29.8 Å². The van der Waals surface area contributed by atoms with Crippen molar-refractivity contribution in [2.75, 3.05) is 13.7 Å². The number of fused-ring (bicyclic) bond motifs is 1. The van der Waals surface area contributed by atoms with Crippen molar-refractivity contribution in [3.05, 3.63) is 65.7 Å². The first-order valence-electron chi connectivity index (χ1n) is 10.5. The highest BCUT2D eigenvalue weighted by atomic mass is 16.8. The number of aliphatic hydroxyl groups excluding tert-OH is 1. The van der Waals surface area contributed by atoms with Crippen LogP contribution < -0.4 is 4.74 Å². The summed E-state index contributed by atoms with van der Waals surface area (Å²) in [5, 5.41) is 10.4. The zero-order valence-electron chi connectivity index (χ0n) is 18.3. The van der Waals surface area contributed by atoms with Gasteiger partial charge in [0.25, 0.3) is 0 Å². The van der Waals surface area contributed by atoms with Gasteiger partial charge >= 0.3 is 5.97 Å². The summed E-state index contributed by atoms with van der Waals surface area (Å²) in [7, 11) is 1.43. The number of carbonyl (C=O) groups excluding carboxylic acids is 1. The summed E-state index contributed by atoms with van der Waals surface area (Å²) in [5.74, 6) is -0.738. The van der Waals surface area contributed by atoms with Crippen molar-refractivity contribution in [1.82, 2.24) is 0 Å². The van der Waals surface area contributed by atoms with Crippen LogP contribution in [0.2, 0.25) is 0 Å². The fourth-order valence-corrected chi connectivity index (χ4v) is 3.85. The summed E-state index contributed by atoms with van der Waals surface area (Å²) in [6, 6.07) is 16.6. The minimum Gasteiger partial charge on any atom is -0.489 e. The molecule has 32 heavy (non-hydrogen) atoms. The van der Waals surface area contributed by atoms with Crippen molar-refractivity contribution in [2.45, 2.75) is 56.9 Å². The van der Waals surface area contributed by atoms with Crippen molar-refractivity contribution >= 4 is 5.97 Å². The van der Waals surface area contributed by atoms with Gasteiger partial charge in [-0.15, -0.1) is 0 Å². The molecule has 4 rings (SSSR count). The van der Waals surface area contributed by atoms with E-state index in [1.165, 1.54) is 7.11 Å². The molecular weight excluding hydrogens is 416 g/mol. The van der Waals surface area contributed by atoms with Gasteiger partial charge in [-0.1, -0.05) is 30.3 Å². The Morgan fingerprint density at radius 1 is 1.03 bits per heavy atom. The molecule has 2 aromatic carbocycles. The van der Waals surface area contributed by atoms with E-state index in [4.69, 9.17) is 28.4 Å². The topological polar surface area (TPSA) is 92.7 Å². The number of benzene rings is 2. The molecule has 0 amide bonds. The van der Waals surface area contributed by atoms with Gasteiger partial charge < -0.3 is 33.5 Å². The van der Waals surface area contributed by atoms with Gasteiger partial charge in [-0.25, -0.2) is 4.79 Å². The smallest absolute Gasteiger partial charge is 0.338 e. The summed E-state index contributed by atoms with van der Waals surface area (Å²) in [4.78, 5) is 12.5. The summed E-state index contributed by atoms with van der Waals surface area (Å²) in [5.41, 5.74) is 1.44. The lowest BCUT2D eigenvalue weighted by molar-refractivity contribution is -0.274. The number of rotatable bonds is 7. The molecule has 8 nitrogen and oxygen atoms in total. The van der Waals surface area contributed by atoms with Crippen LogP contribution in [-0.2, 0) is 30.3 Å². The summed E-state index contributed by atoms with van der Waals surface area (Å²) in [6.45, 7) is 3.88. The first kappa shape index (κ1) is 22.7. The van der Waals surface area contributed by atoms with E-state index in [-0.39, 0.29) is 6.61 Å². The van der Waals surface area contributed by atoms with Crippen molar-refractivity contribution in [3.8, 4) is 5.75 Å². The van der Waals surface area contributed by atoms with Gasteiger partial charge in [-0.2, -0.15) is 0 Å². The second-order valence-electron chi connectivity index (χ2n) is 8.23. The highest BCUT2D eigenvalue weighted by Gasteiger charge is 2.55. The van der Waals surface area contributed by atoms with Crippen molar-refractivity contribution in [2.24, 2.45) is 0 Å². The van der Waals surface area contributed by atoms with Crippen LogP contribution in [0.5, 0.6) is 5.75 Å². The van der Waals surface area contributed by atoms with Gasteiger partial charge in [0, 0.05) is 7.11 Å². The van der Waals surface area contributed by atoms with Crippen LogP contribution in [0.3, 0.4) is 0 Å². The standard InChI is InChI=1S/C24H28O8/c1-24(2)31-20-18(30-23(27-3)19(25)21(20)32-24)14-29-22(26)16-9-11-17(12-10-16)28-13-15-7-5-4-6-8-15/h4-12,18-21,23,25H,13-14H2,1-3H3/t18-,19-,20+,21-,23+/m1/s1. The average Bonchev–Trinajstić information content (AvgIpc) is 3.14. The number of esters is 1. The summed E-state index contributed by atoms with van der Waals surface area (Å²) in [6.07, 6.45) is -3.80. The molecule has 5 atom stereocenters. The van der Waals surface area contributed by atoms with E-state index in [0.717, 1.165) is 5.56 Å². The predicted molar refractivity (Wildman–Crippen MR) is 113 cm³/mol. The van der Waals surface area contributed by atoms with E-state index >= 15 is 0 Å². The Hall–Kier alpha value is -2.49. The molecular formula is C24H28O8. The molecule has 0 aliphatic carbocycles. The second-order valence-corrected chi connectivity index (χ2v) is 8.23. The number of hydrogen-bond acceptors (Lipinski definition) is 8. The van der Waals surface area contributed by atoms with Crippen molar-refractivity contribution in [3.63, 3.8) is 0 Å². The van der Waals surface area contributed by atoms with E-state index in [0.29, 0.717) is 17.9 Å². The van der Waals surface area contributed by atoms with Gasteiger partial charge in [0.15, 0.2) is 12.1 Å². The number of carbonyl (C=O) groups is 1. The highest BCUT2D eigenvalue weighted by molar-refractivity contribution is 5.89. The molecule has 0 bridgehead atoms. The van der Waals surface area contributed by atoms with Crippen LogP contribution in [0, 0.1) is 0 Å². The number of ether oxygens (including phenoxy) is 6. The number of hydrogen-bond donors (Lipinski definition) is 1. The van der Waals surface area contributed by atoms with E-state index in [2.05, 4.69) is 0 Å². The largest absolute Gasteiger partial charge is 0.489 e. The molecule has 0 spiro atoms. The monoisotopic (exact) mass is 444 g/mol. The Bertz CT molecular complexity index is 898. The molecule has 0 unspecified atom stereocenters. The zero-order valence-corrected chi connectivity index (χ0v) is 18.3. The normalized spacial score (nSPS) is 28.7. The average molecular weight is 444 g/mol. The number of aliphatic hydroxyl groups is 1. The lowest BCUT2D eigenvalue weighted by Gasteiger charge is -2.38. The molecule has 0 radical (unpaired) electrons. The Morgan fingerprint density at radius 3 is 2.41 bits per heavy atom. The van der Waals surface area contributed by atoms with Gasteiger partial charge in [-0.3, -0.25) is 0 Å².